The van der Waals surface area contributed by atoms with Crippen LogP contribution in [0.15, 0.2) is 30.5 Å². The van der Waals surface area contributed by atoms with Gasteiger partial charge in [0.05, 0.1) is 17.0 Å². The van der Waals surface area contributed by atoms with Gasteiger partial charge in [0, 0.05) is 31.1 Å². The quantitative estimate of drug-likeness (QED) is 0.888. The van der Waals surface area contributed by atoms with Crippen molar-refractivity contribution in [2.24, 2.45) is 0 Å². The normalized spacial score (nSPS) is 10.5. The number of aryl methyl sites for hydroxylation is 1. The summed E-state index contributed by atoms with van der Waals surface area (Å²) in [5, 5.41) is 9.88. The predicted molar refractivity (Wildman–Crippen MR) is 85.3 cm³/mol. The van der Waals surface area contributed by atoms with Gasteiger partial charge in [-0.05, 0) is 24.6 Å². The number of likely N-dealkylation sites (N-methyl/N-ethyl adjacent to an activating group) is 1. The minimum absolute atomic E-state index is 0.0105. The second-order valence-electron chi connectivity index (χ2n) is 5.11. The summed E-state index contributed by atoms with van der Waals surface area (Å²) in [6.07, 6.45) is 2.86. The van der Waals surface area contributed by atoms with Crippen molar-refractivity contribution in [1.29, 1.82) is 0 Å². The molecule has 0 fully saturated rings. The summed E-state index contributed by atoms with van der Waals surface area (Å²) in [5.74, 6) is -0.954. The topological polar surface area (TPSA) is 70.5 Å². The minimum atomic E-state index is -0.964. The lowest BCUT2D eigenvalue weighted by Gasteiger charge is -2.16. The van der Waals surface area contributed by atoms with Crippen LogP contribution in [0, 0.1) is 6.92 Å². The van der Waals surface area contributed by atoms with Crippen LogP contribution in [0.1, 0.15) is 25.8 Å². The van der Waals surface area contributed by atoms with Crippen LogP contribution in [0.3, 0.4) is 0 Å². The molecule has 5 nitrogen and oxygen atoms in total. The molecule has 0 saturated heterocycles. The van der Waals surface area contributed by atoms with E-state index in [1.165, 1.54) is 17.0 Å². The Bertz CT molecular complexity index is 664. The molecule has 1 aromatic carbocycles. The largest absolute Gasteiger partial charge is 0.478 e. The second kappa shape index (κ2) is 7.17. The average molecular weight is 318 g/mol. The number of benzene rings is 1. The molecule has 2 aromatic rings. The van der Waals surface area contributed by atoms with Gasteiger partial charge in [-0.25, -0.2) is 9.78 Å². The third kappa shape index (κ3) is 4.39. The fourth-order valence-electron chi connectivity index (χ4n) is 1.98. The molecule has 22 heavy (non-hydrogen) atoms. The van der Waals surface area contributed by atoms with Gasteiger partial charge in [0.25, 0.3) is 0 Å². The highest BCUT2D eigenvalue weighted by atomic mass is 32.1. The van der Waals surface area contributed by atoms with E-state index in [0.717, 1.165) is 17.0 Å². The molecule has 0 aliphatic carbocycles. The van der Waals surface area contributed by atoms with Crippen molar-refractivity contribution in [3.05, 3.63) is 51.5 Å². The first kappa shape index (κ1) is 16.2. The van der Waals surface area contributed by atoms with Crippen molar-refractivity contribution in [1.82, 2.24) is 9.88 Å². The van der Waals surface area contributed by atoms with Gasteiger partial charge in [0.15, 0.2) is 0 Å². The molecule has 1 amide bonds. The van der Waals surface area contributed by atoms with Crippen molar-refractivity contribution in [3.8, 4) is 0 Å². The average Bonchev–Trinajstić information content (AvgIpc) is 2.91. The number of carboxylic acid groups (broad SMARTS) is 1. The summed E-state index contributed by atoms with van der Waals surface area (Å²) in [4.78, 5) is 30.1. The van der Waals surface area contributed by atoms with Crippen LogP contribution in [0.25, 0.3) is 0 Å². The molecule has 0 spiro atoms. The highest BCUT2D eigenvalue weighted by Gasteiger charge is 2.11. The van der Waals surface area contributed by atoms with Gasteiger partial charge in [-0.2, -0.15) is 0 Å². The number of hydrogen-bond acceptors (Lipinski definition) is 4. The Labute approximate surface area is 133 Å². The molecule has 6 heteroatoms. The summed E-state index contributed by atoms with van der Waals surface area (Å²) < 4.78 is 0. The molecule has 116 valence electrons. The molecule has 2 rings (SSSR count). The molecule has 0 radical (unpaired) electrons. The van der Waals surface area contributed by atoms with E-state index in [4.69, 9.17) is 5.11 Å². The molecular formula is C16H18N2O3S. The van der Waals surface area contributed by atoms with Gasteiger partial charge >= 0.3 is 5.97 Å². The van der Waals surface area contributed by atoms with Crippen molar-refractivity contribution < 1.29 is 14.7 Å². The first-order valence-electron chi connectivity index (χ1n) is 6.93. The molecule has 0 unspecified atom stereocenters. The van der Waals surface area contributed by atoms with Gasteiger partial charge in [0.2, 0.25) is 5.91 Å². The van der Waals surface area contributed by atoms with E-state index in [0.29, 0.717) is 6.54 Å². The number of carbonyl (C=O) groups is 2. The number of carboxylic acids is 1. The lowest BCUT2D eigenvalue weighted by atomic mass is 10.1. The number of rotatable bonds is 6. The number of aromatic carboxylic acids is 1. The Hall–Kier alpha value is -2.21. The fourth-order valence-corrected chi connectivity index (χ4v) is 2.76. The van der Waals surface area contributed by atoms with Crippen LogP contribution in [0.5, 0.6) is 0 Å². The number of carbonyl (C=O) groups excluding carboxylic acids is 1. The van der Waals surface area contributed by atoms with Gasteiger partial charge < -0.3 is 10.0 Å². The second-order valence-corrected chi connectivity index (χ2v) is 6.43. The van der Waals surface area contributed by atoms with Crippen LogP contribution < -0.4 is 0 Å². The first-order valence-corrected chi connectivity index (χ1v) is 7.75. The number of hydrogen-bond donors (Lipinski definition) is 1. The smallest absolute Gasteiger partial charge is 0.335 e. The third-order valence-corrected chi connectivity index (χ3v) is 4.28. The molecule has 0 atom stereocenters. The van der Waals surface area contributed by atoms with Crippen molar-refractivity contribution >= 4 is 23.2 Å². The maximum atomic E-state index is 12.2. The molecule has 0 saturated carbocycles. The Morgan fingerprint density at radius 3 is 2.50 bits per heavy atom. The number of amides is 1. The maximum absolute atomic E-state index is 12.2. The predicted octanol–water partition coefficient (Wildman–Crippen LogP) is 2.39. The zero-order valence-electron chi connectivity index (χ0n) is 12.6. The molecule has 1 N–H and O–H groups in total. The number of aromatic nitrogens is 1. The van der Waals surface area contributed by atoms with Gasteiger partial charge in [0.1, 0.15) is 0 Å². The fraction of sp³-hybridized carbons (Fsp3) is 0.312. The Morgan fingerprint density at radius 1 is 1.27 bits per heavy atom. The van der Waals surface area contributed by atoms with Crippen molar-refractivity contribution in [2.45, 2.75) is 19.8 Å². The van der Waals surface area contributed by atoms with Crippen molar-refractivity contribution in [3.63, 3.8) is 0 Å². The summed E-state index contributed by atoms with van der Waals surface area (Å²) in [6.45, 7) is 2.63. The summed E-state index contributed by atoms with van der Waals surface area (Å²) >= 11 is 1.65. The summed E-state index contributed by atoms with van der Waals surface area (Å²) in [6, 6.07) is 6.39. The molecule has 0 aliphatic heterocycles. The van der Waals surface area contributed by atoms with Gasteiger partial charge in [-0.3, -0.25) is 4.79 Å². The molecule has 0 aliphatic rings. The van der Waals surface area contributed by atoms with E-state index in [-0.39, 0.29) is 17.9 Å². The standard InChI is InChI=1S/C16H18N2O3S/c1-11-10-17-14(22-11)7-8-18(2)15(19)9-12-3-5-13(6-4-12)16(20)21/h3-6,10H,7-9H2,1-2H3,(H,20,21). The van der Waals surface area contributed by atoms with E-state index >= 15 is 0 Å². The van der Waals surface area contributed by atoms with Crippen LogP contribution in [0.4, 0.5) is 0 Å². The SMILES string of the molecule is Cc1cnc(CCN(C)C(=O)Cc2ccc(C(=O)O)cc2)s1. The highest BCUT2D eigenvalue weighted by Crippen LogP contribution is 2.12. The van der Waals surface area contributed by atoms with Crippen LogP contribution in [0.2, 0.25) is 0 Å². The van der Waals surface area contributed by atoms with E-state index in [1.54, 1.807) is 35.4 Å². The van der Waals surface area contributed by atoms with E-state index in [9.17, 15) is 9.59 Å². The molecular weight excluding hydrogens is 300 g/mol. The Morgan fingerprint density at radius 2 is 1.95 bits per heavy atom. The highest BCUT2D eigenvalue weighted by molar-refractivity contribution is 7.11. The minimum Gasteiger partial charge on any atom is -0.478 e. The van der Waals surface area contributed by atoms with Gasteiger partial charge in [-0.1, -0.05) is 12.1 Å². The van der Waals surface area contributed by atoms with Gasteiger partial charge in [-0.15, -0.1) is 11.3 Å². The number of nitrogens with zero attached hydrogens (tertiary/aromatic N) is 2. The van der Waals surface area contributed by atoms with E-state index in [1.807, 2.05) is 13.1 Å². The summed E-state index contributed by atoms with van der Waals surface area (Å²) in [7, 11) is 1.77. The Balaban J connectivity index is 1.86. The van der Waals surface area contributed by atoms with Crippen LogP contribution in [-0.4, -0.2) is 40.5 Å². The molecule has 0 bridgehead atoms. The zero-order chi connectivity index (χ0) is 16.1. The zero-order valence-corrected chi connectivity index (χ0v) is 13.4. The lowest BCUT2D eigenvalue weighted by molar-refractivity contribution is -0.129. The first-order chi connectivity index (χ1) is 10.5. The lowest BCUT2D eigenvalue weighted by Crippen LogP contribution is -2.30. The summed E-state index contributed by atoms with van der Waals surface area (Å²) in [5.41, 5.74) is 1.04. The monoisotopic (exact) mass is 318 g/mol. The van der Waals surface area contributed by atoms with Crippen LogP contribution in [-0.2, 0) is 17.6 Å². The van der Waals surface area contributed by atoms with E-state index < -0.39 is 5.97 Å². The third-order valence-electron chi connectivity index (χ3n) is 3.31. The van der Waals surface area contributed by atoms with Crippen molar-refractivity contribution in [2.75, 3.05) is 13.6 Å². The maximum Gasteiger partial charge on any atom is 0.335 e. The number of thiazole rings is 1. The van der Waals surface area contributed by atoms with Crippen LogP contribution >= 0.6 is 11.3 Å². The Kier molecular flexibility index (Phi) is 5.27. The molecule has 1 aromatic heterocycles. The molecule has 1 heterocycles. The van der Waals surface area contributed by atoms with E-state index in [2.05, 4.69) is 4.98 Å².